The maximum Gasteiger partial charge on any atom is 0.262 e. The van der Waals surface area contributed by atoms with Crippen molar-refractivity contribution in [3.63, 3.8) is 0 Å². The van der Waals surface area contributed by atoms with Crippen LogP contribution >= 0.6 is 0 Å². The highest BCUT2D eigenvalue weighted by atomic mass is 19.2. The summed E-state index contributed by atoms with van der Waals surface area (Å²) in [5.74, 6) is -2.98. The molecule has 1 aliphatic rings. The molecule has 9 heteroatoms. The zero-order valence-electron chi connectivity index (χ0n) is 18.9. The van der Waals surface area contributed by atoms with Gasteiger partial charge in [0.05, 0.1) is 23.2 Å². The third-order valence-electron chi connectivity index (χ3n) is 6.72. The number of fused-ring (bicyclic) bond motifs is 1. The lowest BCUT2D eigenvalue weighted by atomic mass is 9.77. The number of rotatable bonds is 6. The lowest BCUT2D eigenvalue weighted by Crippen LogP contribution is -2.38. The molecule has 1 atom stereocenters. The summed E-state index contributed by atoms with van der Waals surface area (Å²) < 4.78 is 48.9. The molecule has 1 unspecified atom stereocenters. The third kappa shape index (κ3) is 4.11. The highest BCUT2D eigenvalue weighted by molar-refractivity contribution is 6.08. The first kappa shape index (κ1) is 22.9. The number of oxazole rings is 1. The number of halogens is 3. The smallest absolute Gasteiger partial charge is 0.262 e. The largest absolute Gasteiger partial charge is 0.447 e. The van der Waals surface area contributed by atoms with E-state index in [1.807, 2.05) is 0 Å². The van der Waals surface area contributed by atoms with E-state index < -0.39 is 35.0 Å². The van der Waals surface area contributed by atoms with Crippen molar-refractivity contribution in [2.75, 3.05) is 0 Å². The van der Waals surface area contributed by atoms with Gasteiger partial charge in [0.1, 0.15) is 18.6 Å². The van der Waals surface area contributed by atoms with Crippen LogP contribution in [0.3, 0.4) is 0 Å². The Hall–Kier alpha value is -3.88. The van der Waals surface area contributed by atoms with Crippen molar-refractivity contribution in [3.8, 4) is 0 Å². The molecule has 180 valence electrons. The average Bonchev–Trinajstić information content (AvgIpc) is 3.30. The Kier molecular flexibility index (Phi) is 5.92. The van der Waals surface area contributed by atoms with Crippen molar-refractivity contribution in [2.24, 2.45) is 5.92 Å². The Labute approximate surface area is 198 Å². The molecule has 1 saturated carbocycles. The number of pyridine rings is 1. The number of aromatic nitrogens is 2. The first-order valence-electron chi connectivity index (χ1n) is 11.3. The Morgan fingerprint density at radius 2 is 1.97 bits per heavy atom. The second kappa shape index (κ2) is 9.05. The number of carbonyl (C=O) groups excluding carboxylic acids is 1. The fourth-order valence-corrected chi connectivity index (χ4v) is 4.68. The van der Waals surface area contributed by atoms with Gasteiger partial charge < -0.3 is 14.3 Å². The van der Waals surface area contributed by atoms with E-state index in [0.29, 0.717) is 11.3 Å². The van der Waals surface area contributed by atoms with Gasteiger partial charge in [-0.1, -0.05) is 24.6 Å². The number of benzene rings is 2. The van der Waals surface area contributed by atoms with Crippen LogP contribution < -0.4 is 10.9 Å². The molecule has 0 aliphatic heterocycles. The molecule has 2 heterocycles. The summed E-state index contributed by atoms with van der Waals surface area (Å²) in [5, 5.41) is 2.90. The maximum atomic E-state index is 14.8. The minimum absolute atomic E-state index is 0.0466. The van der Waals surface area contributed by atoms with Crippen molar-refractivity contribution < 1.29 is 22.4 Å². The highest BCUT2D eigenvalue weighted by Gasteiger charge is 2.32. The van der Waals surface area contributed by atoms with E-state index in [1.54, 1.807) is 6.92 Å². The Bertz CT molecular complexity index is 1480. The number of amides is 1. The van der Waals surface area contributed by atoms with Gasteiger partial charge in [-0.3, -0.25) is 9.59 Å². The molecule has 4 aromatic rings. The first-order valence-corrected chi connectivity index (χ1v) is 11.3. The van der Waals surface area contributed by atoms with E-state index in [9.17, 15) is 22.8 Å². The van der Waals surface area contributed by atoms with Crippen LogP contribution in [-0.4, -0.2) is 15.5 Å². The minimum atomic E-state index is -0.996. The van der Waals surface area contributed by atoms with Gasteiger partial charge in [-0.2, -0.15) is 0 Å². The van der Waals surface area contributed by atoms with Crippen molar-refractivity contribution >= 4 is 16.7 Å². The van der Waals surface area contributed by atoms with Crippen molar-refractivity contribution in [2.45, 2.75) is 38.8 Å². The summed E-state index contributed by atoms with van der Waals surface area (Å²) in [6.45, 7) is 1.51. The molecular weight excluding hydrogens is 459 g/mol. The second-order valence-corrected chi connectivity index (χ2v) is 8.76. The van der Waals surface area contributed by atoms with E-state index in [4.69, 9.17) is 4.42 Å². The zero-order valence-corrected chi connectivity index (χ0v) is 18.9. The molecule has 0 saturated heterocycles. The topological polar surface area (TPSA) is 77.1 Å². The molecular formula is C26H22F3N3O3. The third-order valence-corrected chi connectivity index (χ3v) is 6.72. The monoisotopic (exact) mass is 481 g/mol. The van der Waals surface area contributed by atoms with Gasteiger partial charge in [0.15, 0.2) is 11.6 Å². The summed E-state index contributed by atoms with van der Waals surface area (Å²) >= 11 is 0. The normalized spacial score (nSPS) is 14.6. The number of carbonyl (C=O) groups is 1. The van der Waals surface area contributed by atoms with E-state index in [1.165, 1.54) is 35.2 Å². The minimum Gasteiger partial charge on any atom is -0.447 e. The maximum absolute atomic E-state index is 14.8. The summed E-state index contributed by atoms with van der Waals surface area (Å²) in [4.78, 5) is 30.9. The molecule has 1 aliphatic carbocycles. The number of hydrogen-bond donors (Lipinski definition) is 1. The van der Waals surface area contributed by atoms with Gasteiger partial charge in [-0.05, 0) is 49.4 Å². The van der Waals surface area contributed by atoms with Crippen molar-refractivity contribution in [3.05, 3.63) is 99.4 Å². The van der Waals surface area contributed by atoms with Gasteiger partial charge in [-0.15, -0.1) is 0 Å². The predicted octanol–water partition coefficient (Wildman–Crippen LogP) is 5.03. The number of hydrogen-bond acceptors (Lipinski definition) is 4. The molecule has 0 bridgehead atoms. The van der Waals surface area contributed by atoms with Crippen LogP contribution in [0, 0.1) is 30.3 Å². The van der Waals surface area contributed by atoms with E-state index >= 15 is 0 Å². The SMILES string of the molecule is Cc1c(C(=O)NC(c2ccc(F)c(F)c2)C2CCC2)c2cccc(F)c2c(=O)n1Cc1ncco1. The molecule has 35 heavy (non-hydrogen) atoms. The molecule has 0 spiro atoms. The van der Waals surface area contributed by atoms with Crippen LogP contribution in [0.15, 0.2) is 58.1 Å². The van der Waals surface area contributed by atoms with Gasteiger partial charge in [0, 0.05) is 11.1 Å². The zero-order chi connectivity index (χ0) is 24.7. The average molecular weight is 481 g/mol. The van der Waals surface area contributed by atoms with Crippen LogP contribution in [0.25, 0.3) is 10.8 Å². The number of nitrogens with one attached hydrogen (secondary N) is 1. The van der Waals surface area contributed by atoms with E-state index in [-0.39, 0.29) is 34.7 Å². The second-order valence-electron chi connectivity index (χ2n) is 8.76. The standard InChI is InChI=1S/C26H22F3N3O3/c1-14-22(25(33)31-24(15-4-2-5-15)16-8-9-18(27)20(29)12-16)17-6-3-7-19(28)23(17)26(34)32(14)13-21-30-10-11-35-21/h3,6-12,15,24H,2,4-5,13H2,1H3,(H,31,33). The fraction of sp³-hybridized carbons (Fsp3) is 0.269. The summed E-state index contributed by atoms with van der Waals surface area (Å²) in [6, 6.07) is 7.13. The first-order chi connectivity index (χ1) is 16.8. The molecule has 1 N–H and O–H groups in total. The molecule has 0 radical (unpaired) electrons. The quantitative estimate of drug-likeness (QED) is 0.419. The summed E-state index contributed by atoms with van der Waals surface area (Å²) in [6.07, 6.45) is 5.39. The van der Waals surface area contributed by atoms with Crippen LogP contribution in [0.4, 0.5) is 13.2 Å². The molecule has 2 aromatic heterocycles. The Morgan fingerprint density at radius 3 is 2.63 bits per heavy atom. The van der Waals surface area contributed by atoms with Crippen LogP contribution in [-0.2, 0) is 6.54 Å². The van der Waals surface area contributed by atoms with Gasteiger partial charge in [0.25, 0.3) is 11.5 Å². The van der Waals surface area contributed by atoms with Gasteiger partial charge in [-0.25, -0.2) is 18.2 Å². The lowest BCUT2D eigenvalue weighted by Gasteiger charge is -2.35. The summed E-state index contributed by atoms with van der Waals surface area (Å²) in [5.41, 5.74) is 0.267. The fourth-order valence-electron chi connectivity index (χ4n) is 4.68. The molecule has 1 amide bonds. The van der Waals surface area contributed by atoms with Gasteiger partial charge >= 0.3 is 0 Å². The van der Waals surface area contributed by atoms with Crippen LogP contribution in [0.5, 0.6) is 0 Å². The molecule has 6 nitrogen and oxygen atoms in total. The van der Waals surface area contributed by atoms with Gasteiger partial charge in [0.2, 0.25) is 5.89 Å². The van der Waals surface area contributed by atoms with E-state index in [2.05, 4.69) is 10.3 Å². The molecule has 1 fully saturated rings. The van der Waals surface area contributed by atoms with E-state index in [0.717, 1.165) is 37.5 Å². The number of nitrogens with zero attached hydrogens (tertiary/aromatic N) is 2. The Balaban J connectivity index is 1.62. The molecule has 5 rings (SSSR count). The molecule has 2 aromatic carbocycles. The van der Waals surface area contributed by atoms with Crippen molar-refractivity contribution in [1.29, 1.82) is 0 Å². The van der Waals surface area contributed by atoms with Crippen molar-refractivity contribution in [1.82, 2.24) is 14.9 Å². The highest BCUT2D eigenvalue weighted by Crippen LogP contribution is 2.38. The summed E-state index contributed by atoms with van der Waals surface area (Å²) in [7, 11) is 0. The lowest BCUT2D eigenvalue weighted by molar-refractivity contribution is 0.0900. The predicted molar refractivity (Wildman–Crippen MR) is 122 cm³/mol. The Morgan fingerprint density at radius 1 is 1.17 bits per heavy atom. The van der Waals surface area contributed by atoms with Crippen LogP contribution in [0.1, 0.15) is 52.8 Å². The van der Waals surface area contributed by atoms with Crippen LogP contribution in [0.2, 0.25) is 0 Å².